The molecule has 0 spiro atoms. The van der Waals surface area contributed by atoms with Gasteiger partial charge in [0.15, 0.2) is 0 Å². The zero-order valence-electron chi connectivity index (χ0n) is 7.33. The molecule has 1 aromatic rings. The highest BCUT2D eigenvalue weighted by Crippen LogP contribution is 1.79. The van der Waals surface area contributed by atoms with Crippen LogP contribution in [0.3, 0.4) is 0 Å². The first-order valence-corrected chi connectivity index (χ1v) is 3.97. The number of aromatic nitrogens is 3. The standard InChI is InChI=1S/C7H11N4O2/c1-8-3-2-4-11-5-9-10-6(12)7(11)13/h8H,2-4H2,1H3,(H,10,12). The lowest BCUT2D eigenvalue weighted by Gasteiger charge is -2.01. The van der Waals surface area contributed by atoms with Gasteiger partial charge < -0.3 is 5.32 Å². The first-order chi connectivity index (χ1) is 6.25. The van der Waals surface area contributed by atoms with Gasteiger partial charge in [0, 0.05) is 6.54 Å². The molecule has 13 heavy (non-hydrogen) atoms. The van der Waals surface area contributed by atoms with Crippen molar-refractivity contribution in [2.24, 2.45) is 0 Å². The molecule has 1 rings (SSSR count). The van der Waals surface area contributed by atoms with Crippen LogP contribution in [-0.2, 0) is 6.54 Å². The molecule has 0 amide bonds. The van der Waals surface area contributed by atoms with Crippen molar-refractivity contribution >= 4 is 0 Å². The summed E-state index contributed by atoms with van der Waals surface area (Å²) in [6, 6.07) is 0. The van der Waals surface area contributed by atoms with Gasteiger partial charge in [0.1, 0.15) is 0 Å². The molecule has 1 aromatic heterocycles. The lowest BCUT2D eigenvalue weighted by molar-refractivity contribution is 0.571. The van der Waals surface area contributed by atoms with Crippen molar-refractivity contribution in [2.45, 2.75) is 13.0 Å². The number of H-pyrrole nitrogens is 1. The Morgan fingerprint density at radius 1 is 1.62 bits per heavy atom. The Morgan fingerprint density at radius 3 is 3.08 bits per heavy atom. The number of aromatic amines is 1. The molecule has 0 bridgehead atoms. The van der Waals surface area contributed by atoms with E-state index in [4.69, 9.17) is 0 Å². The zero-order chi connectivity index (χ0) is 9.68. The van der Waals surface area contributed by atoms with Gasteiger partial charge in [-0.05, 0) is 20.0 Å². The molecule has 0 saturated carbocycles. The Kier molecular flexibility index (Phi) is 3.39. The van der Waals surface area contributed by atoms with Crippen molar-refractivity contribution in [2.75, 3.05) is 13.6 Å². The van der Waals surface area contributed by atoms with Crippen molar-refractivity contribution in [3.05, 3.63) is 27.0 Å². The minimum Gasteiger partial charge on any atom is -0.320 e. The average Bonchev–Trinajstić information content (AvgIpc) is 2.13. The van der Waals surface area contributed by atoms with Gasteiger partial charge in [-0.2, -0.15) is 5.10 Å². The molecule has 0 saturated heterocycles. The van der Waals surface area contributed by atoms with Crippen molar-refractivity contribution in [3.63, 3.8) is 0 Å². The molecule has 1 radical (unpaired) electrons. The van der Waals surface area contributed by atoms with Crippen LogP contribution in [0.4, 0.5) is 0 Å². The quantitative estimate of drug-likeness (QED) is 0.432. The minimum atomic E-state index is -0.705. The van der Waals surface area contributed by atoms with Crippen LogP contribution in [0.2, 0.25) is 0 Å². The van der Waals surface area contributed by atoms with Crippen molar-refractivity contribution < 1.29 is 0 Å². The average molecular weight is 183 g/mol. The van der Waals surface area contributed by atoms with Crippen LogP contribution in [0.5, 0.6) is 0 Å². The maximum absolute atomic E-state index is 11.1. The molecule has 0 aliphatic carbocycles. The number of nitrogens with one attached hydrogen (secondary N) is 2. The molecule has 0 atom stereocenters. The van der Waals surface area contributed by atoms with Crippen LogP contribution in [0, 0.1) is 6.33 Å². The number of hydrogen-bond donors (Lipinski definition) is 2. The number of rotatable bonds is 4. The van der Waals surface area contributed by atoms with Crippen molar-refractivity contribution in [3.8, 4) is 0 Å². The highest BCUT2D eigenvalue weighted by atomic mass is 16.2. The van der Waals surface area contributed by atoms with Gasteiger partial charge in [-0.1, -0.05) is 0 Å². The summed E-state index contributed by atoms with van der Waals surface area (Å²) in [7, 11) is 1.82. The van der Waals surface area contributed by atoms with Gasteiger partial charge in [-0.3, -0.25) is 14.2 Å². The molecule has 71 valence electrons. The van der Waals surface area contributed by atoms with Crippen molar-refractivity contribution in [1.82, 2.24) is 20.1 Å². The topological polar surface area (TPSA) is 79.8 Å². The second-order valence-electron chi connectivity index (χ2n) is 2.57. The summed E-state index contributed by atoms with van der Waals surface area (Å²) in [5.41, 5.74) is -1.31. The van der Waals surface area contributed by atoms with E-state index in [1.165, 1.54) is 4.57 Å². The molecule has 1 heterocycles. The molecule has 6 heteroatoms. The van der Waals surface area contributed by atoms with Crippen LogP contribution in [0.1, 0.15) is 6.42 Å². The van der Waals surface area contributed by atoms with E-state index < -0.39 is 11.1 Å². The van der Waals surface area contributed by atoms with Gasteiger partial charge in [-0.15, -0.1) is 0 Å². The molecule has 0 aromatic carbocycles. The molecule has 2 N–H and O–H groups in total. The number of aryl methyl sites for hydroxylation is 1. The molecule has 0 fully saturated rings. The second kappa shape index (κ2) is 4.56. The van der Waals surface area contributed by atoms with Crippen molar-refractivity contribution in [1.29, 1.82) is 0 Å². The number of hydrogen-bond acceptors (Lipinski definition) is 4. The number of nitrogens with zero attached hydrogens (tertiary/aromatic N) is 2. The molecule has 0 unspecified atom stereocenters. The molecule has 0 aliphatic heterocycles. The third kappa shape index (κ3) is 2.51. The summed E-state index contributed by atoms with van der Waals surface area (Å²) >= 11 is 0. The summed E-state index contributed by atoms with van der Waals surface area (Å²) in [4.78, 5) is 21.9. The Bertz CT molecular complexity index is 367. The summed E-state index contributed by atoms with van der Waals surface area (Å²) in [5.74, 6) is 0. The van der Waals surface area contributed by atoms with E-state index in [1.54, 1.807) is 0 Å². The highest BCUT2D eigenvalue weighted by molar-refractivity contribution is 4.73. The lowest BCUT2D eigenvalue weighted by Crippen LogP contribution is -2.37. The normalized spacial score (nSPS) is 10.2. The summed E-state index contributed by atoms with van der Waals surface area (Å²) < 4.78 is 1.18. The van der Waals surface area contributed by atoms with E-state index in [0.29, 0.717) is 6.54 Å². The van der Waals surface area contributed by atoms with Gasteiger partial charge >= 0.3 is 11.1 Å². The summed E-state index contributed by atoms with van der Waals surface area (Å²) in [5, 5.41) is 8.36. The van der Waals surface area contributed by atoms with Gasteiger partial charge in [-0.25, -0.2) is 5.10 Å². The maximum Gasteiger partial charge on any atom is 0.330 e. The van der Waals surface area contributed by atoms with Gasteiger partial charge in [0.25, 0.3) is 0 Å². The van der Waals surface area contributed by atoms with E-state index in [-0.39, 0.29) is 0 Å². The Balaban J connectivity index is 2.72. The fraction of sp³-hybridized carbons (Fsp3) is 0.571. The summed E-state index contributed by atoms with van der Waals surface area (Å²) in [6.45, 7) is 1.24. The molecule has 6 nitrogen and oxygen atoms in total. The fourth-order valence-electron chi connectivity index (χ4n) is 0.917. The third-order valence-corrected chi connectivity index (χ3v) is 1.58. The van der Waals surface area contributed by atoms with E-state index in [0.717, 1.165) is 13.0 Å². The Morgan fingerprint density at radius 2 is 2.38 bits per heavy atom. The van der Waals surface area contributed by atoms with Gasteiger partial charge in [0.2, 0.25) is 6.33 Å². The molecular formula is C7H11N4O2. The predicted octanol–water partition coefficient (Wildman–Crippen LogP) is -1.66. The van der Waals surface area contributed by atoms with E-state index in [9.17, 15) is 9.59 Å². The third-order valence-electron chi connectivity index (χ3n) is 1.58. The predicted molar refractivity (Wildman–Crippen MR) is 46.5 cm³/mol. The fourth-order valence-corrected chi connectivity index (χ4v) is 0.917. The lowest BCUT2D eigenvalue weighted by atomic mass is 10.4. The first kappa shape index (κ1) is 9.66. The van der Waals surface area contributed by atoms with Crippen LogP contribution < -0.4 is 16.4 Å². The van der Waals surface area contributed by atoms with Crippen LogP contribution >= 0.6 is 0 Å². The maximum atomic E-state index is 11.1. The second-order valence-corrected chi connectivity index (χ2v) is 2.57. The van der Waals surface area contributed by atoms with Gasteiger partial charge in [0.05, 0.1) is 0 Å². The monoisotopic (exact) mass is 183 g/mol. The minimum absolute atomic E-state index is 0.455. The first-order valence-electron chi connectivity index (χ1n) is 3.97. The largest absolute Gasteiger partial charge is 0.330 e. The molecular weight excluding hydrogens is 172 g/mol. The van der Waals surface area contributed by atoms with Crippen LogP contribution in [-0.4, -0.2) is 28.4 Å². The highest BCUT2D eigenvalue weighted by Gasteiger charge is 1.99. The van der Waals surface area contributed by atoms with Crippen LogP contribution in [0.15, 0.2) is 9.59 Å². The Hall–Kier alpha value is -1.43. The molecule has 0 aliphatic rings. The summed E-state index contributed by atoms with van der Waals surface area (Å²) in [6.07, 6.45) is 3.17. The van der Waals surface area contributed by atoms with Crippen LogP contribution in [0.25, 0.3) is 0 Å². The SMILES string of the molecule is CNCCCn1[c]n[nH]c(=O)c1=O. The zero-order valence-corrected chi connectivity index (χ0v) is 7.33. The smallest absolute Gasteiger partial charge is 0.320 e. The van der Waals surface area contributed by atoms with E-state index in [2.05, 4.69) is 16.7 Å². The Labute approximate surface area is 74.6 Å². The van der Waals surface area contributed by atoms with E-state index >= 15 is 0 Å². The van der Waals surface area contributed by atoms with E-state index in [1.807, 2.05) is 12.1 Å².